The average Bonchev–Trinajstić information content (AvgIpc) is 3.50. The smallest absolute Gasteiger partial charge is 0.226 e. The molecule has 0 unspecified atom stereocenters. The van der Waals surface area contributed by atoms with Gasteiger partial charge in [0.2, 0.25) is 17.6 Å². The van der Waals surface area contributed by atoms with E-state index in [0.717, 1.165) is 16.0 Å². The van der Waals surface area contributed by atoms with Crippen molar-refractivity contribution >= 4 is 17.2 Å². The van der Waals surface area contributed by atoms with Gasteiger partial charge in [0.15, 0.2) is 0 Å². The lowest BCUT2D eigenvalue weighted by molar-refractivity contribution is -0.121. The van der Waals surface area contributed by atoms with Crippen LogP contribution in [0.5, 0.6) is 0 Å². The molecule has 148 valence electrons. The summed E-state index contributed by atoms with van der Waals surface area (Å²) in [6, 6.07) is 12.0. The number of thiophene rings is 1. The van der Waals surface area contributed by atoms with Gasteiger partial charge in [-0.2, -0.15) is 10.1 Å². The van der Waals surface area contributed by atoms with Crippen molar-refractivity contribution in [2.45, 2.75) is 32.4 Å². The minimum atomic E-state index is 0.00897. The summed E-state index contributed by atoms with van der Waals surface area (Å²) in [6.45, 7) is 1.18. The van der Waals surface area contributed by atoms with Gasteiger partial charge in [-0.3, -0.25) is 4.79 Å². The highest BCUT2D eigenvalue weighted by Gasteiger charge is 2.10. The Morgan fingerprint density at radius 3 is 2.79 bits per heavy atom. The molecule has 0 bridgehead atoms. The molecule has 9 heteroatoms. The average molecular weight is 408 g/mol. The van der Waals surface area contributed by atoms with Crippen molar-refractivity contribution in [3.05, 3.63) is 71.5 Å². The van der Waals surface area contributed by atoms with Crippen LogP contribution in [0.25, 0.3) is 10.7 Å². The van der Waals surface area contributed by atoms with Gasteiger partial charge in [0.05, 0.1) is 11.4 Å². The topological polar surface area (TPSA) is 98.7 Å². The van der Waals surface area contributed by atoms with Crippen molar-refractivity contribution in [3.63, 3.8) is 0 Å². The molecule has 8 nitrogen and oxygen atoms in total. The fourth-order valence-corrected chi connectivity index (χ4v) is 3.46. The normalized spacial score (nSPS) is 10.9. The second-order valence-corrected chi connectivity index (χ2v) is 7.48. The third-order valence-electron chi connectivity index (χ3n) is 4.33. The first-order valence-electron chi connectivity index (χ1n) is 9.29. The van der Waals surface area contributed by atoms with Crippen LogP contribution in [0, 0.1) is 0 Å². The van der Waals surface area contributed by atoms with Gasteiger partial charge < -0.3 is 9.84 Å². The second-order valence-electron chi connectivity index (χ2n) is 6.53. The molecule has 1 amide bonds. The quantitative estimate of drug-likeness (QED) is 0.457. The molecule has 4 aromatic rings. The molecule has 0 saturated carbocycles. The maximum Gasteiger partial charge on any atom is 0.226 e. The number of nitrogens with zero attached hydrogens (tertiary/aromatic N) is 5. The largest absolute Gasteiger partial charge is 0.352 e. The summed E-state index contributed by atoms with van der Waals surface area (Å²) >= 11 is 1.57. The van der Waals surface area contributed by atoms with Crippen LogP contribution >= 0.6 is 11.3 Å². The zero-order valence-corrected chi connectivity index (χ0v) is 16.5. The minimum absolute atomic E-state index is 0.00897. The molecule has 0 spiro atoms. The number of hydrogen-bond acceptors (Lipinski definition) is 7. The van der Waals surface area contributed by atoms with Crippen LogP contribution in [-0.4, -0.2) is 30.8 Å². The third-order valence-corrected chi connectivity index (χ3v) is 5.19. The molecule has 1 N–H and O–H groups in total. The zero-order valence-electron chi connectivity index (χ0n) is 15.7. The monoisotopic (exact) mass is 408 g/mol. The maximum atomic E-state index is 12.1. The Morgan fingerprint density at radius 2 is 2.03 bits per heavy atom. The summed E-state index contributed by atoms with van der Waals surface area (Å²) in [6.07, 6.45) is 4.87. The summed E-state index contributed by atoms with van der Waals surface area (Å²) in [7, 11) is 0. The summed E-state index contributed by atoms with van der Waals surface area (Å²) in [4.78, 5) is 21.4. The number of aromatic nitrogens is 5. The van der Waals surface area contributed by atoms with Crippen LogP contribution in [0.2, 0.25) is 0 Å². The number of amides is 1. The van der Waals surface area contributed by atoms with Crippen molar-refractivity contribution < 1.29 is 9.32 Å². The van der Waals surface area contributed by atoms with E-state index < -0.39 is 0 Å². The Morgan fingerprint density at radius 1 is 1.17 bits per heavy atom. The first-order chi connectivity index (χ1) is 14.3. The molecule has 29 heavy (non-hydrogen) atoms. The lowest BCUT2D eigenvalue weighted by Gasteiger charge is -2.06. The molecule has 4 rings (SSSR count). The van der Waals surface area contributed by atoms with E-state index in [4.69, 9.17) is 4.52 Å². The number of nitrogens with one attached hydrogen (secondary N) is 1. The third kappa shape index (κ3) is 5.35. The molecular weight excluding hydrogens is 388 g/mol. The minimum Gasteiger partial charge on any atom is -0.352 e. The van der Waals surface area contributed by atoms with Crippen molar-refractivity contribution in [2.75, 3.05) is 0 Å². The van der Waals surface area contributed by atoms with E-state index >= 15 is 0 Å². The predicted octanol–water partition coefficient (Wildman–Crippen LogP) is 3.08. The first kappa shape index (κ1) is 19.0. The van der Waals surface area contributed by atoms with Gasteiger partial charge in [0.25, 0.3) is 0 Å². The number of benzene rings is 1. The molecule has 0 saturated heterocycles. The lowest BCUT2D eigenvalue weighted by atomic mass is 10.1. The van der Waals surface area contributed by atoms with Gasteiger partial charge in [-0.05, 0) is 29.0 Å². The van der Waals surface area contributed by atoms with E-state index in [1.165, 1.54) is 6.33 Å². The Bertz CT molecular complexity index is 1030. The summed E-state index contributed by atoms with van der Waals surface area (Å²) in [5, 5.41) is 13.0. The molecule has 0 aliphatic rings. The Kier molecular flexibility index (Phi) is 6.06. The van der Waals surface area contributed by atoms with Crippen molar-refractivity contribution in [2.24, 2.45) is 0 Å². The molecular formula is C20H20N6O2S. The zero-order chi connectivity index (χ0) is 19.9. The van der Waals surface area contributed by atoms with Gasteiger partial charge in [-0.15, -0.1) is 11.3 Å². The molecule has 3 aromatic heterocycles. The van der Waals surface area contributed by atoms with Crippen LogP contribution in [-0.2, 0) is 24.3 Å². The first-order valence-corrected chi connectivity index (χ1v) is 10.2. The Labute approximate surface area is 171 Å². The Balaban J connectivity index is 1.17. The van der Waals surface area contributed by atoms with Crippen molar-refractivity contribution in [1.29, 1.82) is 0 Å². The van der Waals surface area contributed by atoms with Crippen LogP contribution in [0.15, 0.2) is 59.0 Å². The molecule has 0 fully saturated rings. The van der Waals surface area contributed by atoms with Crippen LogP contribution < -0.4 is 5.32 Å². The van der Waals surface area contributed by atoms with E-state index in [-0.39, 0.29) is 5.91 Å². The van der Waals surface area contributed by atoms with Crippen LogP contribution in [0.3, 0.4) is 0 Å². The highest BCUT2D eigenvalue weighted by atomic mass is 32.1. The molecule has 0 aliphatic heterocycles. The van der Waals surface area contributed by atoms with E-state index in [0.29, 0.717) is 44.1 Å². The fraction of sp³-hybridized carbons (Fsp3) is 0.250. The van der Waals surface area contributed by atoms with E-state index in [9.17, 15) is 4.79 Å². The van der Waals surface area contributed by atoms with Gasteiger partial charge in [-0.25, -0.2) is 9.67 Å². The molecule has 3 heterocycles. The summed E-state index contributed by atoms with van der Waals surface area (Å²) < 4.78 is 7.02. The van der Waals surface area contributed by atoms with Gasteiger partial charge in [0, 0.05) is 19.4 Å². The van der Waals surface area contributed by atoms with Gasteiger partial charge in [-0.1, -0.05) is 35.5 Å². The molecule has 1 aromatic carbocycles. The summed E-state index contributed by atoms with van der Waals surface area (Å²) in [5.74, 6) is 1.17. The lowest BCUT2D eigenvalue weighted by Crippen LogP contribution is -2.22. The predicted molar refractivity (Wildman–Crippen MR) is 108 cm³/mol. The van der Waals surface area contributed by atoms with Crippen LogP contribution in [0.1, 0.15) is 29.9 Å². The van der Waals surface area contributed by atoms with Gasteiger partial charge >= 0.3 is 0 Å². The number of aryl methyl sites for hydroxylation is 1. The SMILES string of the molecule is O=C(CCCc1nc(-c2cccs2)no1)NCc1ccc(Cn2cncn2)cc1. The van der Waals surface area contributed by atoms with Crippen LogP contribution in [0.4, 0.5) is 0 Å². The van der Waals surface area contributed by atoms with E-state index in [1.54, 1.807) is 22.3 Å². The fourth-order valence-electron chi connectivity index (χ4n) is 2.82. The Hall–Kier alpha value is -3.33. The molecule has 0 atom stereocenters. The highest BCUT2D eigenvalue weighted by Crippen LogP contribution is 2.21. The van der Waals surface area contributed by atoms with E-state index in [2.05, 4.69) is 25.5 Å². The number of rotatable bonds is 9. The molecule has 0 radical (unpaired) electrons. The molecule has 0 aliphatic carbocycles. The van der Waals surface area contributed by atoms with Crippen molar-refractivity contribution in [1.82, 2.24) is 30.2 Å². The second kappa shape index (κ2) is 9.24. The van der Waals surface area contributed by atoms with Gasteiger partial charge in [0.1, 0.15) is 12.7 Å². The summed E-state index contributed by atoms with van der Waals surface area (Å²) in [5.41, 5.74) is 2.19. The standard InChI is InChI=1S/C20H20N6O2S/c27-18(4-1-5-19-24-20(25-28-19)17-3-2-10-29-17)22-11-15-6-8-16(9-7-15)12-26-14-21-13-23-26/h2-3,6-10,13-14H,1,4-5,11-12H2,(H,22,27). The van der Waals surface area contributed by atoms with E-state index in [1.807, 2.05) is 41.8 Å². The number of carbonyl (C=O) groups is 1. The van der Waals surface area contributed by atoms with Crippen molar-refractivity contribution in [3.8, 4) is 10.7 Å². The number of carbonyl (C=O) groups excluding carboxylic acids is 1. The maximum absolute atomic E-state index is 12.1. The highest BCUT2D eigenvalue weighted by molar-refractivity contribution is 7.13. The number of hydrogen-bond donors (Lipinski definition) is 1.